The minimum absolute atomic E-state index is 0.0438. The second kappa shape index (κ2) is 7.65. The summed E-state index contributed by atoms with van der Waals surface area (Å²) >= 11 is 0. The largest absolute Gasteiger partial charge is 0.350 e. The summed E-state index contributed by atoms with van der Waals surface area (Å²) in [5, 5.41) is 5.28. The van der Waals surface area contributed by atoms with Gasteiger partial charge in [-0.1, -0.05) is 12.8 Å². The van der Waals surface area contributed by atoms with Gasteiger partial charge in [-0.2, -0.15) is 5.10 Å². The number of nitrogens with zero attached hydrogens (tertiary/aromatic N) is 4. The van der Waals surface area contributed by atoms with Crippen molar-refractivity contribution in [1.29, 1.82) is 0 Å². The zero-order valence-electron chi connectivity index (χ0n) is 19.1. The van der Waals surface area contributed by atoms with Crippen LogP contribution in [0, 0.1) is 0 Å². The lowest BCUT2D eigenvalue weighted by Gasteiger charge is -2.18. The molecule has 7 nitrogen and oxygen atoms in total. The summed E-state index contributed by atoms with van der Waals surface area (Å²) in [5.74, 6) is 0.437. The van der Waals surface area contributed by atoms with Gasteiger partial charge in [-0.25, -0.2) is 0 Å². The number of pyridine rings is 2. The highest BCUT2D eigenvalue weighted by molar-refractivity contribution is 5.98. The average molecular weight is 432 g/mol. The Kier molecular flexibility index (Phi) is 4.92. The number of hydrogen-bond acceptors (Lipinski definition) is 3. The van der Waals surface area contributed by atoms with Crippen molar-refractivity contribution in [1.82, 2.24) is 23.9 Å². The van der Waals surface area contributed by atoms with Crippen LogP contribution in [0.15, 0.2) is 46.5 Å². The lowest BCUT2D eigenvalue weighted by atomic mass is 9.90. The van der Waals surface area contributed by atoms with Crippen LogP contribution in [0.2, 0.25) is 0 Å². The van der Waals surface area contributed by atoms with Crippen molar-refractivity contribution in [3.05, 3.63) is 63.2 Å². The van der Waals surface area contributed by atoms with Gasteiger partial charge in [0.05, 0.1) is 6.20 Å². The number of hydrogen-bond donors (Lipinski definition) is 1. The van der Waals surface area contributed by atoms with Crippen LogP contribution >= 0.6 is 0 Å². The maximum Gasteiger partial charge on any atom is 0.274 e. The van der Waals surface area contributed by atoms with Crippen LogP contribution < -0.4 is 11.1 Å². The molecule has 4 aromatic heterocycles. The molecule has 0 amide bonds. The van der Waals surface area contributed by atoms with Crippen LogP contribution in [-0.2, 0) is 14.1 Å². The molecular formula is C25H29N5O2. The molecule has 0 spiro atoms. The van der Waals surface area contributed by atoms with Crippen LogP contribution in [-0.4, -0.2) is 23.9 Å². The molecular weight excluding hydrogens is 402 g/mol. The number of H-pyrrole nitrogens is 1. The van der Waals surface area contributed by atoms with Gasteiger partial charge in [-0.05, 0) is 49.8 Å². The first kappa shape index (κ1) is 20.5. The van der Waals surface area contributed by atoms with Crippen LogP contribution in [0.3, 0.4) is 0 Å². The number of aryl methyl sites for hydroxylation is 2. The fourth-order valence-corrected chi connectivity index (χ4v) is 4.91. The number of aromatic amines is 1. The van der Waals surface area contributed by atoms with E-state index in [0.29, 0.717) is 11.4 Å². The highest BCUT2D eigenvalue weighted by Crippen LogP contribution is 2.40. The summed E-state index contributed by atoms with van der Waals surface area (Å²) in [5.41, 5.74) is 5.25. The van der Waals surface area contributed by atoms with Crippen molar-refractivity contribution in [3.8, 4) is 22.4 Å². The Morgan fingerprint density at radius 3 is 2.44 bits per heavy atom. The Balaban J connectivity index is 1.76. The normalized spacial score (nSPS) is 14.8. The summed E-state index contributed by atoms with van der Waals surface area (Å²) in [6.07, 6.45) is 12.4. The first-order valence-corrected chi connectivity index (χ1v) is 11.3. The fraction of sp³-hybridized carbons (Fsp3) is 0.400. The van der Waals surface area contributed by atoms with Crippen molar-refractivity contribution >= 4 is 10.9 Å². The smallest absolute Gasteiger partial charge is 0.274 e. The van der Waals surface area contributed by atoms with Crippen molar-refractivity contribution < 1.29 is 0 Å². The molecule has 4 aromatic rings. The molecule has 0 bridgehead atoms. The van der Waals surface area contributed by atoms with Gasteiger partial charge < -0.3 is 14.1 Å². The molecule has 5 rings (SSSR count). The second-order valence-electron chi connectivity index (χ2n) is 9.31. The number of nitrogens with one attached hydrogen (secondary N) is 1. The molecule has 1 aliphatic carbocycles. The zero-order valence-corrected chi connectivity index (χ0v) is 19.1. The number of rotatable bonds is 4. The lowest BCUT2D eigenvalue weighted by molar-refractivity contribution is 0.532. The van der Waals surface area contributed by atoms with Crippen molar-refractivity contribution in [2.45, 2.75) is 51.5 Å². The molecule has 1 aliphatic rings. The Hall–Kier alpha value is -3.35. The fourth-order valence-electron chi connectivity index (χ4n) is 4.91. The third-order valence-corrected chi connectivity index (χ3v) is 6.75. The van der Waals surface area contributed by atoms with Crippen LogP contribution in [0.5, 0.6) is 0 Å². The summed E-state index contributed by atoms with van der Waals surface area (Å²) in [6.45, 7) is 4.16. The predicted molar refractivity (Wildman–Crippen MR) is 127 cm³/mol. The Morgan fingerprint density at radius 1 is 1.00 bits per heavy atom. The molecule has 166 valence electrons. The van der Waals surface area contributed by atoms with Crippen LogP contribution in [0.4, 0.5) is 0 Å². The van der Waals surface area contributed by atoms with E-state index in [-0.39, 0.29) is 17.2 Å². The Bertz CT molecular complexity index is 1430. The first-order chi connectivity index (χ1) is 15.3. The molecule has 0 atom stereocenters. The molecule has 0 unspecified atom stereocenters. The Morgan fingerprint density at radius 2 is 1.75 bits per heavy atom. The molecule has 0 saturated heterocycles. The van der Waals surface area contributed by atoms with E-state index in [1.165, 1.54) is 18.4 Å². The maximum absolute atomic E-state index is 13.0. The lowest BCUT2D eigenvalue weighted by Crippen LogP contribution is -2.19. The molecule has 0 aromatic carbocycles. The van der Waals surface area contributed by atoms with Gasteiger partial charge in [0.25, 0.3) is 11.1 Å². The zero-order chi connectivity index (χ0) is 22.6. The number of aromatic nitrogens is 5. The quantitative estimate of drug-likeness (QED) is 0.522. The highest BCUT2D eigenvalue weighted by Gasteiger charge is 2.24. The van der Waals surface area contributed by atoms with E-state index in [0.717, 1.165) is 40.6 Å². The van der Waals surface area contributed by atoms with Gasteiger partial charge in [0.15, 0.2) is 0 Å². The van der Waals surface area contributed by atoms with Crippen LogP contribution in [0.25, 0.3) is 33.3 Å². The van der Waals surface area contributed by atoms with E-state index in [2.05, 4.69) is 23.9 Å². The standard InChI is InChI=1S/C25H29N5O2/c1-15(2)30-12-17(11-26-30)22-9-19-21(14-29(4)25(32)24(19)27-22)18-10-23(31)28(3)13-20(18)16-7-5-6-8-16/h9-16,27H,5-8H2,1-4H3. The Labute approximate surface area is 186 Å². The molecule has 32 heavy (non-hydrogen) atoms. The van der Waals surface area contributed by atoms with Crippen molar-refractivity contribution in [2.24, 2.45) is 14.1 Å². The van der Waals surface area contributed by atoms with E-state index in [9.17, 15) is 9.59 Å². The minimum atomic E-state index is -0.0856. The number of fused-ring (bicyclic) bond motifs is 1. The minimum Gasteiger partial charge on any atom is -0.350 e. The van der Waals surface area contributed by atoms with E-state index in [4.69, 9.17) is 0 Å². The third-order valence-electron chi connectivity index (χ3n) is 6.75. The molecule has 4 heterocycles. The summed E-state index contributed by atoms with van der Waals surface area (Å²) in [6, 6.07) is 4.01. The van der Waals surface area contributed by atoms with Gasteiger partial charge >= 0.3 is 0 Å². The summed E-state index contributed by atoms with van der Waals surface area (Å²) < 4.78 is 5.17. The monoisotopic (exact) mass is 431 g/mol. The summed E-state index contributed by atoms with van der Waals surface area (Å²) in [7, 11) is 3.57. The second-order valence-corrected chi connectivity index (χ2v) is 9.31. The molecule has 0 radical (unpaired) electrons. The van der Waals surface area contributed by atoms with Gasteiger partial charge in [0, 0.05) is 67.0 Å². The first-order valence-electron chi connectivity index (χ1n) is 11.3. The molecule has 1 saturated carbocycles. The third kappa shape index (κ3) is 3.32. The highest BCUT2D eigenvalue weighted by atomic mass is 16.1. The predicted octanol–water partition coefficient (Wildman–Crippen LogP) is 4.33. The van der Waals surface area contributed by atoms with Gasteiger partial charge in [0.2, 0.25) is 0 Å². The van der Waals surface area contributed by atoms with Gasteiger partial charge in [-0.3, -0.25) is 14.3 Å². The van der Waals surface area contributed by atoms with E-state index in [1.54, 1.807) is 22.2 Å². The van der Waals surface area contributed by atoms with Gasteiger partial charge in [0.1, 0.15) is 5.52 Å². The molecule has 0 aliphatic heterocycles. The van der Waals surface area contributed by atoms with E-state index < -0.39 is 0 Å². The van der Waals surface area contributed by atoms with Gasteiger partial charge in [-0.15, -0.1) is 0 Å². The molecule has 1 N–H and O–H groups in total. The van der Waals surface area contributed by atoms with Crippen molar-refractivity contribution in [3.63, 3.8) is 0 Å². The molecule has 1 fully saturated rings. The summed E-state index contributed by atoms with van der Waals surface area (Å²) in [4.78, 5) is 28.9. The topological polar surface area (TPSA) is 77.6 Å². The maximum atomic E-state index is 13.0. The van der Waals surface area contributed by atoms with Crippen molar-refractivity contribution in [2.75, 3.05) is 0 Å². The average Bonchev–Trinajstić information content (AvgIpc) is 3.52. The SMILES string of the molecule is CC(C)n1cc(-c2cc3c(-c4cc(=O)n(C)cc4C4CCCC4)cn(C)c(=O)c3[nH]2)cn1. The van der Waals surface area contributed by atoms with E-state index in [1.807, 2.05) is 42.6 Å². The molecule has 7 heteroatoms. The van der Waals surface area contributed by atoms with E-state index >= 15 is 0 Å². The van der Waals surface area contributed by atoms with Crippen LogP contribution in [0.1, 0.15) is 57.1 Å².